The second-order valence-corrected chi connectivity index (χ2v) is 8.66. The van der Waals surface area contributed by atoms with Crippen LogP contribution >= 0.6 is 0 Å². The number of fused-ring (bicyclic) bond motifs is 1. The fourth-order valence-corrected chi connectivity index (χ4v) is 5.00. The van der Waals surface area contributed by atoms with Gasteiger partial charge in [0.1, 0.15) is 0 Å². The van der Waals surface area contributed by atoms with Gasteiger partial charge in [-0.15, -0.1) is 0 Å². The lowest BCUT2D eigenvalue weighted by atomic mass is 9.86. The number of ether oxygens (including phenoxy) is 1. The molecule has 2 aliphatic rings. The summed E-state index contributed by atoms with van der Waals surface area (Å²) in [7, 11) is 0. The van der Waals surface area contributed by atoms with Crippen molar-refractivity contribution in [2.24, 2.45) is 11.8 Å². The van der Waals surface area contributed by atoms with E-state index in [9.17, 15) is 20.1 Å². The van der Waals surface area contributed by atoms with E-state index in [0.717, 1.165) is 44.9 Å². The van der Waals surface area contributed by atoms with Crippen LogP contribution in [0.25, 0.3) is 0 Å². The number of hydrogen-bond acceptors (Lipinski definition) is 4. The molecule has 0 aromatic heterocycles. The molecule has 2 unspecified atom stereocenters. The van der Waals surface area contributed by atoms with E-state index in [-0.39, 0.29) is 30.1 Å². The molecule has 0 spiro atoms. The van der Waals surface area contributed by atoms with E-state index in [1.807, 2.05) is 18.2 Å². The number of aromatic carboxylic acids is 1. The third kappa shape index (κ3) is 5.27. The number of aliphatic hydroxyl groups is 2. The first-order valence-electron chi connectivity index (χ1n) is 11.0. The van der Waals surface area contributed by atoms with Crippen LogP contribution in [0.4, 0.5) is 0 Å². The maximum Gasteiger partial charge on any atom is 0.336 e. The Kier molecular flexibility index (Phi) is 7.49. The maximum atomic E-state index is 11.4. The number of aliphatic hydroxyl groups excluding tert-OH is 1. The van der Waals surface area contributed by atoms with Crippen LogP contribution in [0.1, 0.15) is 74.2 Å². The van der Waals surface area contributed by atoms with Gasteiger partial charge in [0.15, 0.2) is 0 Å². The summed E-state index contributed by atoms with van der Waals surface area (Å²) in [6.45, 7) is 2.39. The van der Waals surface area contributed by atoms with Gasteiger partial charge in [-0.1, -0.05) is 56.5 Å². The Morgan fingerprint density at radius 2 is 2.10 bits per heavy atom. The first kappa shape index (κ1) is 22.0. The van der Waals surface area contributed by atoms with Gasteiger partial charge in [0.25, 0.3) is 0 Å². The molecule has 5 heteroatoms. The second kappa shape index (κ2) is 9.88. The Labute approximate surface area is 173 Å². The van der Waals surface area contributed by atoms with Crippen LogP contribution in [-0.2, 0) is 11.3 Å². The average molecular weight is 403 g/mol. The summed E-state index contributed by atoms with van der Waals surface area (Å²) in [5, 5.41) is 30.8. The predicted octanol–water partition coefficient (Wildman–Crippen LogP) is 4.32. The summed E-state index contributed by atoms with van der Waals surface area (Å²) in [5.41, 5.74) is 0.148. The molecule has 5 atom stereocenters. The lowest BCUT2D eigenvalue weighted by Crippen LogP contribution is -2.35. The molecule has 160 valence electrons. The Bertz CT molecular complexity index is 715. The standard InChI is InChI=1S/C24H34O5/c1-2-3-4-8-20(25)13-12-18-10-11-19-14-21(15-24(18,19)28)29-16-17-7-5-6-9-22(17)23(26)27/h5-7,9,12-13,18-21,25,28H,2-4,8,10-11,14-16H2,1H3,(H,26,27)/t18-,19-,20?,21?,24-/m1/s1. The number of carbonyl (C=O) groups is 1. The van der Waals surface area contributed by atoms with Crippen LogP contribution in [0.2, 0.25) is 0 Å². The number of hydrogen-bond donors (Lipinski definition) is 3. The zero-order valence-corrected chi connectivity index (χ0v) is 17.3. The van der Waals surface area contributed by atoms with Crippen molar-refractivity contribution in [2.75, 3.05) is 0 Å². The fourth-order valence-electron chi connectivity index (χ4n) is 5.00. The number of unbranched alkanes of at least 4 members (excludes halogenated alkanes) is 2. The third-order valence-corrected chi connectivity index (χ3v) is 6.67. The van der Waals surface area contributed by atoms with Crippen LogP contribution in [0.15, 0.2) is 36.4 Å². The van der Waals surface area contributed by atoms with Gasteiger partial charge in [0.2, 0.25) is 0 Å². The van der Waals surface area contributed by atoms with Gasteiger partial charge in [0.05, 0.1) is 30.0 Å². The molecule has 3 rings (SSSR count). The van der Waals surface area contributed by atoms with Crippen molar-refractivity contribution >= 4 is 5.97 Å². The zero-order valence-electron chi connectivity index (χ0n) is 17.3. The van der Waals surface area contributed by atoms with Crippen molar-refractivity contribution in [3.05, 3.63) is 47.5 Å². The van der Waals surface area contributed by atoms with Gasteiger partial charge in [-0.3, -0.25) is 0 Å². The first-order valence-corrected chi connectivity index (χ1v) is 11.0. The van der Waals surface area contributed by atoms with Crippen molar-refractivity contribution in [3.8, 4) is 0 Å². The fraction of sp³-hybridized carbons (Fsp3) is 0.625. The van der Waals surface area contributed by atoms with E-state index in [1.54, 1.807) is 18.2 Å². The van der Waals surface area contributed by atoms with Gasteiger partial charge >= 0.3 is 5.97 Å². The highest BCUT2D eigenvalue weighted by molar-refractivity contribution is 5.89. The molecule has 2 aliphatic carbocycles. The molecule has 0 amide bonds. The summed E-state index contributed by atoms with van der Waals surface area (Å²) < 4.78 is 6.02. The molecule has 0 radical (unpaired) electrons. The molecular formula is C24H34O5. The molecule has 2 saturated carbocycles. The lowest BCUT2D eigenvalue weighted by Gasteiger charge is -2.28. The SMILES string of the molecule is CCCCCC(O)C=C[C@H]1CC[C@@H]2CC(OCc3ccccc3C(=O)O)C[C@]21O. The second-order valence-electron chi connectivity index (χ2n) is 8.66. The minimum Gasteiger partial charge on any atom is -0.478 e. The molecule has 0 bridgehead atoms. The Hall–Kier alpha value is -1.69. The van der Waals surface area contributed by atoms with Crippen molar-refractivity contribution in [1.29, 1.82) is 0 Å². The predicted molar refractivity (Wildman–Crippen MR) is 112 cm³/mol. The molecule has 3 N–H and O–H groups in total. The molecule has 1 aromatic rings. The van der Waals surface area contributed by atoms with E-state index < -0.39 is 17.7 Å². The van der Waals surface area contributed by atoms with E-state index in [0.29, 0.717) is 12.0 Å². The number of carboxylic acid groups (broad SMARTS) is 1. The molecule has 29 heavy (non-hydrogen) atoms. The lowest BCUT2D eigenvalue weighted by molar-refractivity contribution is -0.0241. The number of benzene rings is 1. The van der Waals surface area contributed by atoms with Gasteiger partial charge in [0, 0.05) is 12.3 Å². The summed E-state index contributed by atoms with van der Waals surface area (Å²) in [4.78, 5) is 11.4. The zero-order chi connectivity index (χ0) is 20.9. The van der Waals surface area contributed by atoms with Crippen molar-refractivity contribution < 1.29 is 24.9 Å². The van der Waals surface area contributed by atoms with Crippen LogP contribution in [0.3, 0.4) is 0 Å². The van der Waals surface area contributed by atoms with Crippen molar-refractivity contribution in [1.82, 2.24) is 0 Å². The Morgan fingerprint density at radius 1 is 1.31 bits per heavy atom. The van der Waals surface area contributed by atoms with E-state index in [1.165, 1.54) is 0 Å². The van der Waals surface area contributed by atoms with E-state index in [4.69, 9.17) is 4.74 Å². The molecule has 0 aliphatic heterocycles. The Morgan fingerprint density at radius 3 is 2.86 bits per heavy atom. The quantitative estimate of drug-likeness (QED) is 0.401. The van der Waals surface area contributed by atoms with Gasteiger partial charge in [-0.25, -0.2) is 4.79 Å². The highest BCUT2D eigenvalue weighted by atomic mass is 16.5. The third-order valence-electron chi connectivity index (χ3n) is 6.67. The topological polar surface area (TPSA) is 87.0 Å². The van der Waals surface area contributed by atoms with Crippen molar-refractivity contribution in [3.63, 3.8) is 0 Å². The largest absolute Gasteiger partial charge is 0.478 e. The molecular weight excluding hydrogens is 368 g/mol. The molecule has 0 heterocycles. The van der Waals surface area contributed by atoms with Crippen molar-refractivity contribution in [2.45, 2.75) is 82.7 Å². The summed E-state index contributed by atoms with van der Waals surface area (Å²) in [5.74, 6) is -0.698. The molecule has 2 fully saturated rings. The van der Waals surface area contributed by atoms with Gasteiger partial charge in [-0.2, -0.15) is 0 Å². The Balaban J connectivity index is 1.55. The van der Waals surface area contributed by atoms with Crippen LogP contribution < -0.4 is 0 Å². The number of rotatable bonds is 10. The van der Waals surface area contributed by atoms with Gasteiger partial charge in [-0.05, 0) is 43.2 Å². The van der Waals surface area contributed by atoms with Gasteiger partial charge < -0.3 is 20.1 Å². The minimum atomic E-state index is -0.950. The molecule has 5 nitrogen and oxygen atoms in total. The smallest absolute Gasteiger partial charge is 0.336 e. The maximum absolute atomic E-state index is 11.4. The van der Waals surface area contributed by atoms with E-state index >= 15 is 0 Å². The average Bonchev–Trinajstić information content (AvgIpc) is 3.17. The van der Waals surface area contributed by atoms with Crippen LogP contribution in [-0.4, -0.2) is 39.1 Å². The first-order chi connectivity index (χ1) is 13.9. The number of carboxylic acids is 1. The van der Waals surface area contributed by atoms with E-state index in [2.05, 4.69) is 6.92 Å². The molecule has 0 saturated heterocycles. The normalized spacial score (nSPS) is 30.0. The monoisotopic (exact) mass is 402 g/mol. The van der Waals surface area contributed by atoms with Crippen LogP contribution in [0, 0.1) is 11.8 Å². The minimum absolute atomic E-state index is 0.0493. The summed E-state index contributed by atoms with van der Waals surface area (Å²) >= 11 is 0. The van der Waals surface area contributed by atoms with Crippen LogP contribution in [0.5, 0.6) is 0 Å². The molecule has 1 aromatic carbocycles. The highest BCUT2D eigenvalue weighted by Gasteiger charge is 2.54. The summed E-state index contributed by atoms with van der Waals surface area (Å²) in [6, 6.07) is 6.89. The summed E-state index contributed by atoms with van der Waals surface area (Å²) in [6.07, 6.45) is 10.7. The highest BCUT2D eigenvalue weighted by Crippen LogP contribution is 2.52.